The van der Waals surface area contributed by atoms with E-state index in [1.165, 1.54) is 13.1 Å². The summed E-state index contributed by atoms with van der Waals surface area (Å²) in [6.07, 6.45) is -0.764. The Labute approximate surface area is 222 Å². The standard InChI is InChI=1S/C25H27N5O9/c1-5-36-19(32)10-11-29-22(33)15(3)12-30(25(29)35)23-21(38-16(4)31)20(27-28-26)18(39-23)13-37-24(34)17-8-6-14(2)7-9-17/h6-12,18,20-21,23H,5,13H2,1-4H3/b11-10+/t18-,20?,21-,23-/m1/s1. The van der Waals surface area contributed by atoms with Gasteiger partial charge in [0.25, 0.3) is 5.56 Å². The lowest BCUT2D eigenvalue weighted by Gasteiger charge is -2.22. The highest BCUT2D eigenvalue weighted by Gasteiger charge is 2.48. The zero-order valence-corrected chi connectivity index (χ0v) is 21.7. The number of hydrogen-bond donors (Lipinski definition) is 0. The van der Waals surface area contributed by atoms with Crippen LogP contribution >= 0.6 is 0 Å². The number of azide groups is 1. The minimum atomic E-state index is -1.37. The molecule has 0 N–H and O–H groups in total. The first-order valence-electron chi connectivity index (χ1n) is 11.9. The van der Waals surface area contributed by atoms with Crippen LogP contribution < -0.4 is 11.2 Å². The van der Waals surface area contributed by atoms with Gasteiger partial charge in [0.15, 0.2) is 12.3 Å². The topological polar surface area (TPSA) is 181 Å². The van der Waals surface area contributed by atoms with Crippen molar-refractivity contribution < 1.29 is 33.3 Å². The molecule has 1 aromatic carbocycles. The Morgan fingerprint density at radius 2 is 1.85 bits per heavy atom. The Hall–Kier alpha value is -4.68. The zero-order chi connectivity index (χ0) is 28.7. The number of rotatable bonds is 9. The van der Waals surface area contributed by atoms with E-state index < -0.39 is 60.2 Å². The van der Waals surface area contributed by atoms with Gasteiger partial charge in [-0.15, -0.1) is 0 Å². The fourth-order valence-corrected chi connectivity index (χ4v) is 3.89. The number of hydrogen-bond acceptors (Lipinski definition) is 10. The summed E-state index contributed by atoms with van der Waals surface area (Å²) in [6.45, 7) is 5.69. The van der Waals surface area contributed by atoms with Crippen LogP contribution in [0.3, 0.4) is 0 Å². The summed E-state index contributed by atoms with van der Waals surface area (Å²) in [5, 5.41) is 3.68. The molecule has 0 radical (unpaired) electrons. The predicted octanol–water partition coefficient (Wildman–Crippen LogP) is 2.03. The van der Waals surface area contributed by atoms with Gasteiger partial charge in [-0.05, 0) is 38.4 Å². The number of esters is 3. The van der Waals surface area contributed by atoms with Crippen LogP contribution in [0.2, 0.25) is 0 Å². The average molecular weight is 542 g/mol. The number of aryl methyl sites for hydroxylation is 2. The second kappa shape index (κ2) is 12.7. The molecule has 4 atom stereocenters. The van der Waals surface area contributed by atoms with Gasteiger partial charge >= 0.3 is 23.6 Å². The molecule has 1 fully saturated rings. The fourth-order valence-electron chi connectivity index (χ4n) is 3.89. The van der Waals surface area contributed by atoms with Gasteiger partial charge in [-0.3, -0.25) is 14.2 Å². The molecular weight excluding hydrogens is 514 g/mol. The van der Waals surface area contributed by atoms with E-state index in [1.54, 1.807) is 31.2 Å². The highest BCUT2D eigenvalue weighted by Crippen LogP contribution is 2.34. The SMILES string of the molecule is CCOC(=O)/C=C/n1c(=O)c(C)cn([C@@H]2O[C@H](COC(=O)c3ccc(C)cc3)C(N=[N+]=[N-])[C@H]2OC(C)=O)c1=O. The van der Waals surface area contributed by atoms with Gasteiger partial charge in [0.1, 0.15) is 18.8 Å². The summed E-state index contributed by atoms with van der Waals surface area (Å²) < 4.78 is 23.1. The van der Waals surface area contributed by atoms with E-state index in [-0.39, 0.29) is 17.7 Å². The van der Waals surface area contributed by atoms with Crippen molar-refractivity contribution in [3.05, 3.63) is 84.5 Å². The molecular formula is C25H27N5O9. The molecule has 1 aliphatic heterocycles. The molecule has 1 aromatic heterocycles. The van der Waals surface area contributed by atoms with Gasteiger partial charge in [-0.25, -0.2) is 19.0 Å². The molecule has 1 unspecified atom stereocenters. The van der Waals surface area contributed by atoms with E-state index in [4.69, 9.17) is 24.5 Å². The monoisotopic (exact) mass is 541 g/mol. The molecule has 14 heteroatoms. The average Bonchev–Trinajstić information content (AvgIpc) is 3.21. The van der Waals surface area contributed by atoms with Crippen LogP contribution in [0.5, 0.6) is 0 Å². The third-order valence-electron chi connectivity index (χ3n) is 5.70. The van der Waals surface area contributed by atoms with Crippen molar-refractivity contribution in [2.75, 3.05) is 13.2 Å². The third kappa shape index (κ3) is 6.80. The molecule has 206 valence electrons. The van der Waals surface area contributed by atoms with Crippen molar-refractivity contribution in [3.8, 4) is 0 Å². The molecule has 0 aliphatic carbocycles. The molecule has 1 saturated heterocycles. The van der Waals surface area contributed by atoms with Crippen LogP contribution in [-0.4, -0.2) is 58.5 Å². The van der Waals surface area contributed by atoms with Gasteiger partial charge in [-0.1, -0.05) is 22.8 Å². The minimum Gasteiger partial charge on any atom is -0.463 e. The van der Waals surface area contributed by atoms with Crippen LogP contribution in [0.4, 0.5) is 0 Å². The summed E-state index contributed by atoms with van der Waals surface area (Å²) >= 11 is 0. The zero-order valence-electron chi connectivity index (χ0n) is 21.7. The maximum absolute atomic E-state index is 13.3. The van der Waals surface area contributed by atoms with E-state index in [0.29, 0.717) is 4.57 Å². The normalized spacial score (nSPS) is 20.3. The molecule has 2 aromatic rings. The first-order chi connectivity index (χ1) is 18.6. The first kappa shape index (κ1) is 28.9. The molecule has 0 saturated carbocycles. The van der Waals surface area contributed by atoms with Crippen molar-refractivity contribution in [3.63, 3.8) is 0 Å². The minimum absolute atomic E-state index is 0.0860. The van der Waals surface area contributed by atoms with Crippen LogP contribution in [0, 0.1) is 13.8 Å². The second-order valence-corrected chi connectivity index (χ2v) is 8.54. The van der Waals surface area contributed by atoms with Gasteiger partial charge in [0.05, 0.1) is 12.2 Å². The van der Waals surface area contributed by atoms with Crippen LogP contribution in [0.25, 0.3) is 16.6 Å². The predicted molar refractivity (Wildman–Crippen MR) is 136 cm³/mol. The molecule has 0 bridgehead atoms. The molecule has 3 rings (SSSR count). The number of benzene rings is 1. The Kier molecular flexibility index (Phi) is 9.42. The van der Waals surface area contributed by atoms with Crippen molar-refractivity contribution >= 4 is 24.1 Å². The second-order valence-electron chi connectivity index (χ2n) is 8.54. The molecule has 39 heavy (non-hydrogen) atoms. The van der Waals surface area contributed by atoms with Gasteiger partial charge in [0, 0.05) is 35.9 Å². The Morgan fingerprint density at radius 3 is 2.46 bits per heavy atom. The number of carbonyl (C=O) groups is 3. The van der Waals surface area contributed by atoms with Crippen LogP contribution in [-0.2, 0) is 28.5 Å². The number of carbonyl (C=O) groups excluding carboxylic acids is 3. The highest BCUT2D eigenvalue weighted by atomic mass is 16.6. The van der Waals surface area contributed by atoms with Gasteiger partial charge in [0.2, 0.25) is 0 Å². The first-order valence-corrected chi connectivity index (χ1v) is 11.9. The smallest absolute Gasteiger partial charge is 0.338 e. The maximum Gasteiger partial charge on any atom is 0.338 e. The summed E-state index contributed by atoms with van der Waals surface area (Å²) in [5.41, 5.74) is 8.82. The lowest BCUT2D eigenvalue weighted by Crippen LogP contribution is -2.43. The van der Waals surface area contributed by atoms with Crippen molar-refractivity contribution in [1.29, 1.82) is 0 Å². The molecule has 2 heterocycles. The summed E-state index contributed by atoms with van der Waals surface area (Å²) in [7, 11) is 0. The Morgan fingerprint density at radius 1 is 1.15 bits per heavy atom. The van der Waals surface area contributed by atoms with Gasteiger partial charge < -0.3 is 18.9 Å². The van der Waals surface area contributed by atoms with E-state index in [0.717, 1.165) is 29.3 Å². The molecule has 14 nitrogen and oxygen atoms in total. The number of ether oxygens (including phenoxy) is 4. The Bertz CT molecular complexity index is 1440. The lowest BCUT2D eigenvalue weighted by molar-refractivity contribution is -0.153. The summed E-state index contributed by atoms with van der Waals surface area (Å²) in [5.74, 6) is -2.20. The fraction of sp³-hybridized carbons (Fsp3) is 0.400. The van der Waals surface area contributed by atoms with E-state index in [1.807, 2.05) is 6.92 Å². The lowest BCUT2D eigenvalue weighted by atomic mass is 10.1. The Balaban J connectivity index is 1.99. The van der Waals surface area contributed by atoms with Crippen LogP contribution in [0.15, 0.2) is 51.2 Å². The number of aromatic nitrogens is 2. The van der Waals surface area contributed by atoms with Crippen molar-refractivity contribution in [1.82, 2.24) is 9.13 Å². The molecule has 1 aliphatic rings. The third-order valence-corrected chi connectivity index (χ3v) is 5.70. The molecule has 0 spiro atoms. The maximum atomic E-state index is 13.3. The summed E-state index contributed by atoms with van der Waals surface area (Å²) in [4.78, 5) is 64.9. The quantitative estimate of drug-likeness (QED) is 0.115. The number of nitrogens with zero attached hydrogens (tertiary/aromatic N) is 5. The van der Waals surface area contributed by atoms with Crippen LogP contribution in [0.1, 0.15) is 41.6 Å². The highest BCUT2D eigenvalue weighted by molar-refractivity contribution is 5.89. The molecule has 0 amide bonds. The van der Waals surface area contributed by atoms with Crippen molar-refractivity contribution in [2.45, 2.75) is 52.2 Å². The van der Waals surface area contributed by atoms with E-state index in [9.17, 15) is 24.0 Å². The van der Waals surface area contributed by atoms with E-state index >= 15 is 0 Å². The van der Waals surface area contributed by atoms with Gasteiger partial charge in [-0.2, -0.15) is 0 Å². The van der Waals surface area contributed by atoms with E-state index in [2.05, 4.69) is 10.0 Å². The summed E-state index contributed by atoms with van der Waals surface area (Å²) in [6, 6.07) is 5.43. The largest absolute Gasteiger partial charge is 0.463 e. The van der Waals surface area contributed by atoms with Crippen molar-refractivity contribution in [2.24, 2.45) is 5.11 Å².